The molecular formula is C21H29FN2O. The monoisotopic (exact) mass is 344 g/mol. The topological polar surface area (TPSA) is 32.3 Å². The largest absolute Gasteiger partial charge is 0.339 e. The highest BCUT2D eigenvalue weighted by Crippen LogP contribution is 2.59. The summed E-state index contributed by atoms with van der Waals surface area (Å²) < 4.78 is 13.4. The van der Waals surface area contributed by atoms with E-state index in [9.17, 15) is 9.18 Å². The number of nitrogens with one attached hydrogen (secondary N) is 1. The molecule has 25 heavy (non-hydrogen) atoms. The number of piperidine rings is 1. The zero-order valence-corrected chi connectivity index (χ0v) is 15.0. The van der Waals surface area contributed by atoms with Crippen molar-refractivity contribution >= 4 is 5.91 Å². The number of carbonyl (C=O) groups is 1. The molecule has 1 saturated heterocycles. The molecule has 2 saturated carbocycles. The second kappa shape index (κ2) is 7.06. The highest BCUT2D eigenvalue weighted by atomic mass is 19.1. The molecule has 136 valence electrons. The van der Waals surface area contributed by atoms with Crippen molar-refractivity contribution in [2.45, 2.75) is 57.4 Å². The molecule has 1 unspecified atom stereocenters. The third-order valence-electron chi connectivity index (χ3n) is 6.67. The number of hydrogen-bond acceptors (Lipinski definition) is 2. The zero-order chi connectivity index (χ0) is 17.3. The maximum Gasteiger partial charge on any atom is 0.226 e. The van der Waals surface area contributed by atoms with E-state index in [2.05, 4.69) is 10.2 Å². The average Bonchev–Trinajstić information content (AvgIpc) is 3.05. The lowest BCUT2D eigenvalue weighted by Gasteiger charge is -2.31. The Morgan fingerprint density at radius 1 is 1.24 bits per heavy atom. The Morgan fingerprint density at radius 3 is 2.72 bits per heavy atom. The van der Waals surface area contributed by atoms with E-state index in [1.807, 2.05) is 6.07 Å². The summed E-state index contributed by atoms with van der Waals surface area (Å²) in [6.07, 6.45) is 8.85. The molecule has 1 spiro atoms. The van der Waals surface area contributed by atoms with E-state index in [0.29, 0.717) is 11.9 Å². The van der Waals surface area contributed by atoms with Gasteiger partial charge in [0.05, 0.1) is 0 Å². The Hall–Kier alpha value is -1.42. The maximum absolute atomic E-state index is 13.4. The van der Waals surface area contributed by atoms with Gasteiger partial charge in [0.25, 0.3) is 0 Å². The number of benzene rings is 1. The Morgan fingerprint density at radius 2 is 2.00 bits per heavy atom. The number of halogens is 1. The normalized spacial score (nSPS) is 25.2. The van der Waals surface area contributed by atoms with E-state index < -0.39 is 0 Å². The van der Waals surface area contributed by atoms with Crippen LogP contribution in [0.5, 0.6) is 0 Å². The standard InChI is InChI=1S/C21H29FN2O/c22-17-5-3-4-16(14-17)8-13-24(18-6-1-2-7-18)20(25)19-15-21(19)9-11-23-12-10-21/h3-5,14,18-19,23H,1-2,6-13,15H2. The number of amides is 1. The Bertz CT molecular complexity index is 620. The van der Waals surface area contributed by atoms with Crippen molar-refractivity contribution in [1.29, 1.82) is 0 Å². The second-order valence-electron chi connectivity index (χ2n) is 8.22. The van der Waals surface area contributed by atoms with Crippen molar-refractivity contribution < 1.29 is 9.18 Å². The van der Waals surface area contributed by atoms with E-state index in [-0.39, 0.29) is 17.2 Å². The lowest BCUT2D eigenvalue weighted by molar-refractivity contribution is -0.135. The predicted molar refractivity (Wildman–Crippen MR) is 96.7 cm³/mol. The van der Waals surface area contributed by atoms with Gasteiger partial charge in [-0.1, -0.05) is 25.0 Å². The molecule has 1 aliphatic heterocycles. The minimum absolute atomic E-state index is 0.188. The third kappa shape index (κ3) is 3.59. The molecule has 0 radical (unpaired) electrons. The van der Waals surface area contributed by atoms with E-state index in [4.69, 9.17) is 0 Å². The fraction of sp³-hybridized carbons (Fsp3) is 0.667. The number of rotatable bonds is 5. The zero-order valence-electron chi connectivity index (χ0n) is 15.0. The van der Waals surface area contributed by atoms with Gasteiger partial charge >= 0.3 is 0 Å². The van der Waals surface area contributed by atoms with Crippen LogP contribution in [0.15, 0.2) is 24.3 Å². The first-order valence-electron chi connectivity index (χ1n) is 9.94. The Labute approximate surface area is 150 Å². The first-order valence-corrected chi connectivity index (χ1v) is 9.94. The van der Waals surface area contributed by atoms with Crippen molar-refractivity contribution in [2.75, 3.05) is 19.6 Å². The lowest BCUT2D eigenvalue weighted by Crippen LogP contribution is -2.43. The summed E-state index contributed by atoms with van der Waals surface area (Å²) in [5.41, 5.74) is 1.28. The van der Waals surface area contributed by atoms with Crippen LogP contribution in [0, 0.1) is 17.2 Å². The summed E-state index contributed by atoms with van der Waals surface area (Å²) in [5, 5.41) is 3.42. The Kier molecular flexibility index (Phi) is 4.81. The van der Waals surface area contributed by atoms with Gasteiger partial charge in [-0.05, 0) is 74.7 Å². The fourth-order valence-electron chi connectivity index (χ4n) is 5.00. The van der Waals surface area contributed by atoms with Crippen LogP contribution in [0.1, 0.15) is 50.5 Å². The summed E-state index contributed by atoms with van der Waals surface area (Å²) in [5.74, 6) is 0.431. The molecule has 1 N–H and O–H groups in total. The molecule has 1 heterocycles. The first kappa shape index (κ1) is 17.0. The van der Waals surface area contributed by atoms with Crippen LogP contribution in [0.2, 0.25) is 0 Å². The highest BCUT2D eigenvalue weighted by Gasteiger charge is 2.58. The van der Waals surface area contributed by atoms with Crippen LogP contribution in [0.3, 0.4) is 0 Å². The molecule has 3 aliphatic rings. The van der Waals surface area contributed by atoms with Crippen LogP contribution >= 0.6 is 0 Å². The van der Waals surface area contributed by atoms with Crippen LogP contribution in [-0.2, 0) is 11.2 Å². The third-order valence-corrected chi connectivity index (χ3v) is 6.67. The van der Waals surface area contributed by atoms with Crippen LogP contribution in [0.25, 0.3) is 0 Å². The van der Waals surface area contributed by atoms with E-state index >= 15 is 0 Å². The Balaban J connectivity index is 1.44. The van der Waals surface area contributed by atoms with Crippen molar-refractivity contribution in [3.63, 3.8) is 0 Å². The quantitative estimate of drug-likeness (QED) is 0.886. The van der Waals surface area contributed by atoms with Crippen molar-refractivity contribution in [3.8, 4) is 0 Å². The molecular weight excluding hydrogens is 315 g/mol. The summed E-state index contributed by atoms with van der Waals surface area (Å²) in [4.78, 5) is 15.5. The molecule has 1 amide bonds. The molecule has 1 atom stereocenters. The van der Waals surface area contributed by atoms with E-state index in [1.165, 1.54) is 18.9 Å². The van der Waals surface area contributed by atoms with Gasteiger partial charge in [0, 0.05) is 18.5 Å². The number of carbonyl (C=O) groups excluding carboxylic acids is 1. The maximum atomic E-state index is 13.4. The van der Waals surface area contributed by atoms with E-state index in [0.717, 1.165) is 63.7 Å². The smallest absolute Gasteiger partial charge is 0.226 e. The first-order chi connectivity index (χ1) is 12.2. The van der Waals surface area contributed by atoms with Gasteiger partial charge in [-0.3, -0.25) is 4.79 Å². The van der Waals surface area contributed by atoms with Gasteiger partial charge in [-0.15, -0.1) is 0 Å². The van der Waals surface area contributed by atoms with Crippen LogP contribution in [-0.4, -0.2) is 36.5 Å². The van der Waals surface area contributed by atoms with Gasteiger partial charge < -0.3 is 10.2 Å². The molecule has 1 aromatic carbocycles. The molecule has 0 bridgehead atoms. The average molecular weight is 344 g/mol. The van der Waals surface area contributed by atoms with Crippen LogP contribution in [0.4, 0.5) is 4.39 Å². The van der Waals surface area contributed by atoms with Crippen molar-refractivity contribution in [2.24, 2.45) is 11.3 Å². The minimum atomic E-state index is -0.188. The second-order valence-corrected chi connectivity index (χ2v) is 8.22. The molecule has 4 heteroatoms. The van der Waals surface area contributed by atoms with Gasteiger partial charge in [0.2, 0.25) is 5.91 Å². The van der Waals surface area contributed by atoms with Gasteiger partial charge in [0.15, 0.2) is 0 Å². The molecule has 2 aliphatic carbocycles. The molecule has 3 fully saturated rings. The number of hydrogen-bond donors (Lipinski definition) is 1. The summed E-state index contributed by atoms with van der Waals surface area (Å²) in [7, 11) is 0. The summed E-state index contributed by atoms with van der Waals surface area (Å²) in [6.45, 7) is 2.84. The number of nitrogens with zero attached hydrogens (tertiary/aromatic N) is 1. The molecule has 1 aromatic rings. The van der Waals surface area contributed by atoms with Gasteiger partial charge in [-0.2, -0.15) is 0 Å². The lowest BCUT2D eigenvalue weighted by atomic mass is 9.91. The van der Waals surface area contributed by atoms with E-state index in [1.54, 1.807) is 12.1 Å². The highest BCUT2D eigenvalue weighted by molar-refractivity contribution is 5.83. The minimum Gasteiger partial charge on any atom is -0.339 e. The fourth-order valence-corrected chi connectivity index (χ4v) is 5.00. The van der Waals surface area contributed by atoms with Gasteiger partial charge in [0.1, 0.15) is 5.82 Å². The predicted octanol–water partition coefficient (Wildman–Crippen LogP) is 3.53. The summed E-state index contributed by atoms with van der Waals surface area (Å²) >= 11 is 0. The van der Waals surface area contributed by atoms with Crippen molar-refractivity contribution in [3.05, 3.63) is 35.6 Å². The summed E-state index contributed by atoms with van der Waals surface area (Å²) in [6, 6.07) is 7.21. The molecule has 3 nitrogen and oxygen atoms in total. The molecule has 0 aromatic heterocycles. The molecule has 4 rings (SSSR count). The van der Waals surface area contributed by atoms with Crippen LogP contribution < -0.4 is 5.32 Å². The van der Waals surface area contributed by atoms with Gasteiger partial charge in [-0.25, -0.2) is 4.39 Å². The SMILES string of the molecule is O=C(C1CC12CCNCC2)N(CCc1cccc(F)c1)C1CCCC1. The van der Waals surface area contributed by atoms with Crippen molar-refractivity contribution in [1.82, 2.24) is 10.2 Å².